The first-order chi connectivity index (χ1) is 7.22. The normalized spacial score (nSPS) is 23.9. The molecule has 0 aromatic carbocycles. The predicted molar refractivity (Wildman–Crippen MR) is 57.0 cm³/mol. The SMILES string of the molecule is COC1(c2ccc(C(=O)CBr)cn2)CO1. The fraction of sp³-hybridized carbons (Fsp3) is 0.400. The fourth-order valence-electron chi connectivity index (χ4n) is 1.30. The molecule has 1 fully saturated rings. The van der Waals surface area contributed by atoms with E-state index in [0.717, 1.165) is 0 Å². The Balaban J connectivity index is 2.21. The van der Waals surface area contributed by atoms with E-state index in [-0.39, 0.29) is 5.78 Å². The van der Waals surface area contributed by atoms with Crippen molar-refractivity contribution >= 4 is 21.7 Å². The highest BCUT2D eigenvalue weighted by Gasteiger charge is 2.48. The van der Waals surface area contributed by atoms with Crippen LogP contribution in [0.5, 0.6) is 0 Å². The zero-order valence-corrected chi connectivity index (χ0v) is 9.78. The molecule has 0 saturated carbocycles. The maximum atomic E-state index is 11.3. The molecule has 0 spiro atoms. The number of epoxide rings is 1. The highest BCUT2D eigenvalue weighted by atomic mass is 79.9. The largest absolute Gasteiger partial charge is 0.346 e. The van der Waals surface area contributed by atoms with E-state index in [2.05, 4.69) is 20.9 Å². The molecular formula is C10H10BrNO3. The Labute approximate surface area is 95.7 Å². The number of hydrogen-bond acceptors (Lipinski definition) is 4. The van der Waals surface area contributed by atoms with Crippen LogP contribution in [-0.4, -0.2) is 29.8 Å². The highest BCUT2D eigenvalue weighted by molar-refractivity contribution is 9.09. The molecule has 2 heterocycles. The van der Waals surface area contributed by atoms with Crippen molar-refractivity contribution in [1.82, 2.24) is 4.98 Å². The summed E-state index contributed by atoms with van der Waals surface area (Å²) in [7, 11) is 1.58. The van der Waals surface area contributed by atoms with Crippen molar-refractivity contribution in [2.45, 2.75) is 5.79 Å². The molecule has 0 amide bonds. The topological polar surface area (TPSA) is 51.7 Å². The quantitative estimate of drug-likeness (QED) is 0.473. The summed E-state index contributed by atoms with van der Waals surface area (Å²) in [5.41, 5.74) is 1.29. The van der Waals surface area contributed by atoms with Crippen LogP contribution in [0.15, 0.2) is 18.3 Å². The number of methoxy groups -OCH3 is 1. The minimum atomic E-state index is -0.671. The molecule has 15 heavy (non-hydrogen) atoms. The summed E-state index contributed by atoms with van der Waals surface area (Å²) in [4.78, 5) is 15.5. The lowest BCUT2D eigenvalue weighted by Crippen LogP contribution is -2.13. The van der Waals surface area contributed by atoms with E-state index in [0.29, 0.717) is 23.2 Å². The lowest BCUT2D eigenvalue weighted by molar-refractivity contribution is -0.0172. The van der Waals surface area contributed by atoms with Gasteiger partial charge in [-0.25, -0.2) is 0 Å². The molecule has 4 nitrogen and oxygen atoms in total. The van der Waals surface area contributed by atoms with Crippen LogP contribution >= 0.6 is 15.9 Å². The average molecular weight is 272 g/mol. The Morgan fingerprint density at radius 3 is 2.87 bits per heavy atom. The highest BCUT2D eigenvalue weighted by Crippen LogP contribution is 2.37. The second-order valence-corrected chi connectivity index (χ2v) is 3.80. The molecular weight excluding hydrogens is 262 g/mol. The second kappa shape index (κ2) is 4.00. The molecule has 0 bridgehead atoms. The monoisotopic (exact) mass is 271 g/mol. The average Bonchev–Trinajstić information content (AvgIpc) is 3.09. The van der Waals surface area contributed by atoms with Gasteiger partial charge >= 0.3 is 0 Å². The molecule has 1 aromatic heterocycles. The molecule has 1 atom stereocenters. The fourth-order valence-corrected chi connectivity index (χ4v) is 1.62. The van der Waals surface area contributed by atoms with Crippen molar-refractivity contribution in [2.75, 3.05) is 19.0 Å². The first kappa shape index (κ1) is 10.7. The Kier molecular flexibility index (Phi) is 2.86. The molecule has 1 aliphatic rings. The molecule has 0 N–H and O–H groups in total. The van der Waals surface area contributed by atoms with Crippen molar-refractivity contribution in [3.05, 3.63) is 29.6 Å². The summed E-state index contributed by atoms with van der Waals surface area (Å²) >= 11 is 3.11. The van der Waals surface area contributed by atoms with Gasteiger partial charge in [0.1, 0.15) is 12.3 Å². The van der Waals surface area contributed by atoms with Gasteiger partial charge in [0.2, 0.25) is 5.79 Å². The summed E-state index contributed by atoms with van der Waals surface area (Å²) in [5, 5.41) is 0.306. The van der Waals surface area contributed by atoms with E-state index >= 15 is 0 Å². The van der Waals surface area contributed by atoms with Gasteiger partial charge in [-0.15, -0.1) is 0 Å². The summed E-state index contributed by atoms with van der Waals surface area (Å²) < 4.78 is 10.4. The van der Waals surface area contributed by atoms with Gasteiger partial charge < -0.3 is 9.47 Å². The van der Waals surface area contributed by atoms with Crippen LogP contribution in [0, 0.1) is 0 Å². The number of ether oxygens (including phenoxy) is 2. The maximum Gasteiger partial charge on any atom is 0.236 e. The molecule has 0 aliphatic carbocycles. The van der Waals surface area contributed by atoms with Gasteiger partial charge in [-0.05, 0) is 12.1 Å². The molecule has 1 aliphatic heterocycles. The second-order valence-electron chi connectivity index (χ2n) is 3.23. The molecule has 2 rings (SSSR count). The van der Waals surface area contributed by atoms with E-state index < -0.39 is 5.79 Å². The van der Waals surface area contributed by atoms with Gasteiger partial charge in [0, 0.05) is 18.9 Å². The molecule has 80 valence electrons. The van der Waals surface area contributed by atoms with E-state index in [4.69, 9.17) is 9.47 Å². The third-order valence-corrected chi connectivity index (χ3v) is 2.84. The minimum absolute atomic E-state index is 0.0113. The lowest BCUT2D eigenvalue weighted by Gasteiger charge is -2.08. The number of carbonyl (C=O) groups excluding carboxylic acids is 1. The van der Waals surface area contributed by atoms with Gasteiger partial charge in [0.15, 0.2) is 5.78 Å². The Hall–Kier alpha value is -0.780. The van der Waals surface area contributed by atoms with E-state index in [9.17, 15) is 4.79 Å². The Bertz CT molecular complexity index is 373. The third kappa shape index (κ3) is 1.95. The molecule has 1 unspecified atom stereocenters. The zero-order chi connectivity index (χ0) is 10.9. The number of carbonyl (C=O) groups is 1. The number of alkyl halides is 1. The van der Waals surface area contributed by atoms with Gasteiger partial charge in [0.25, 0.3) is 0 Å². The minimum Gasteiger partial charge on any atom is -0.346 e. The van der Waals surface area contributed by atoms with Gasteiger partial charge in [-0.3, -0.25) is 9.78 Å². The van der Waals surface area contributed by atoms with Gasteiger partial charge in [-0.1, -0.05) is 15.9 Å². The van der Waals surface area contributed by atoms with Crippen LogP contribution in [-0.2, 0) is 15.3 Å². The number of rotatable bonds is 4. The van der Waals surface area contributed by atoms with Crippen LogP contribution in [0.3, 0.4) is 0 Å². The van der Waals surface area contributed by atoms with Crippen molar-refractivity contribution in [1.29, 1.82) is 0 Å². The van der Waals surface area contributed by atoms with Crippen molar-refractivity contribution in [3.8, 4) is 0 Å². The number of halogens is 1. The predicted octanol–water partition coefficient (Wildman–Crippen LogP) is 1.49. The third-order valence-electron chi connectivity index (χ3n) is 2.33. The van der Waals surface area contributed by atoms with Crippen LogP contribution in [0.25, 0.3) is 0 Å². The standard InChI is InChI=1S/C10H10BrNO3/c1-14-10(6-15-10)9-3-2-7(5-12-9)8(13)4-11/h2-3,5H,4,6H2,1H3. The zero-order valence-electron chi connectivity index (χ0n) is 8.20. The van der Waals surface area contributed by atoms with Gasteiger partial charge in [-0.2, -0.15) is 0 Å². The van der Waals surface area contributed by atoms with Gasteiger partial charge in [0.05, 0.1) is 5.33 Å². The first-order valence-electron chi connectivity index (χ1n) is 4.46. The van der Waals surface area contributed by atoms with Crippen LogP contribution in [0.4, 0.5) is 0 Å². The maximum absolute atomic E-state index is 11.3. The number of aromatic nitrogens is 1. The number of hydrogen-bond donors (Lipinski definition) is 0. The van der Waals surface area contributed by atoms with E-state index in [1.165, 1.54) is 0 Å². The van der Waals surface area contributed by atoms with Crippen molar-refractivity contribution < 1.29 is 14.3 Å². The van der Waals surface area contributed by atoms with E-state index in [1.54, 1.807) is 25.4 Å². The Morgan fingerprint density at radius 2 is 2.47 bits per heavy atom. The number of pyridine rings is 1. The molecule has 1 aromatic rings. The molecule has 1 saturated heterocycles. The van der Waals surface area contributed by atoms with Crippen LogP contribution < -0.4 is 0 Å². The number of Topliss-reactive ketones (excluding diaryl/α,β-unsaturated/α-hetero) is 1. The van der Waals surface area contributed by atoms with E-state index in [1.807, 2.05) is 0 Å². The van der Waals surface area contributed by atoms with Crippen molar-refractivity contribution in [3.63, 3.8) is 0 Å². The summed E-state index contributed by atoms with van der Waals surface area (Å²) in [6.45, 7) is 0.516. The van der Waals surface area contributed by atoms with Crippen LogP contribution in [0.1, 0.15) is 16.1 Å². The number of ketones is 1. The number of nitrogens with zero attached hydrogens (tertiary/aromatic N) is 1. The molecule has 0 radical (unpaired) electrons. The first-order valence-corrected chi connectivity index (χ1v) is 5.59. The van der Waals surface area contributed by atoms with Crippen molar-refractivity contribution in [2.24, 2.45) is 0 Å². The lowest BCUT2D eigenvalue weighted by atomic mass is 10.1. The smallest absolute Gasteiger partial charge is 0.236 e. The molecule has 5 heteroatoms. The Morgan fingerprint density at radius 1 is 1.73 bits per heavy atom. The van der Waals surface area contributed by atoms with Crippen LogP contribution in [0.2, 0.25) is 0 Å². The summed E-state index contributed by atoms with van der Waals surface area (Å²) in [6.07, 6.45) is 1.54. The summed E-state index contributed by atoms with van der Waals surface area (Å²) in [5.74, 6) is -0.659. The summed E-state index contributed by atoms with van der Waals surface area (Å²) in [6, 6.07) is 3.49.